The summed E-state index contributed by atoms with van der Waals surface area (Å²) in [5, 5.41) is 8.94. The second kappa shape index (κ2) is 16.2. The summed E-state index contributed by atoms with van der Waals surface area (Å²) in [6, 6.07) is 2.84. The number of rotatable bonds is 17. The van der Waals surface area contributed by atoms with Crippen molar-refractivity contribution in [2.75, 3.05) is 6.61 Å². The molecule has 0 aliphatic heterocycles. The second-order valence-electron chi connectivity index (χ2n) is 7.66. The van der Waals surface area contributed by atoms with Gasteiger partial charge in [0, 0.05) is 11.6 Å². The van der Waals surface area contributed by atoms with Gasteiger partial charge < -0.3 is 14.3 Å². The van der Waals surface area contributed by atoms with E-state index in [1.807, 2.05) is 6.92 Å². The number of carbonyl (C=O) groups is 3. The lowest BCUT2D eigenvalue weighted by Crippen LogP contribution is -2.41. The molecule has 29 heavy (non-hydrogen) atoms. The summed E-state index contributed by atoms with van der Waals surface area (Å²) < 4.78 is 11.1. The van der Waals surface area contributed by atoms with E-state index in [9.17, 15) is 14.4 Å². The second-order valence-corrected chi connectivity index (χ2v) is 11.7. The Kier molecular flexibility index (Phi) is 15.3. The highest BCUT2D eigenvalue weighted by molar-refractivity contribution is 6.75. The zero-order valence-corrected chi connectivity index (χ0v) is 19.8. The standard InChI is InChI=1S/C22H40O6Si/c1-5-9-13-19(17-20(23)24)22(26)27-18-21(25)28-29(14-10-6-2,15-11-7-3)16-12-8-4/h17H,5-16,18H2,1-4H3,(H,23,24)/b19-17-. The number of carboxylic acid groups (broad SMARTS) is 1. The lowest BCUT2D eigenvalue weighted by molar-refractivity contribution is -0.151. The van der Waals surface area contributed by atoms with E-state index in [2.05, 4.69) is 20.8 Å². The summed E-state index contributed by atoms with van der Waals surface area (Å²) in [7, 11) is -2.22. The molecular weight excluding hydrogens is 388 g/mol. The molecular formula is C22H40O6Si. The molecule has 1 N–H and O–H groups in total. The maximum atomic E-state index is 12.5. The number of unbranched alkanes of at least 4 members (excludes halogenated alkanes) is 4. The van der Waals surface area contributed by atoms with Crippen LogP contribution in [-0.2, 0) is 23.5 Å². The van der Waals surface area contributed by atoms with Gasteiger partial charge in [-0.3, -0.25) is 0 Å². The lowest BCUT2D eigenvalue weighted by atomic mass is 10.1. The van der Waals surface area contributed by atoms with Crippen LogP contribution >= 0.6 is 0 Å². The highest BCUT2D eigenvalue weighted by atomic mass is 28.4. The Labute approximate surface area is 177 Å². The van der Waals surface area contributed by atoms with Gasteiger partial charge in [0.25, 0.3) is 8.32 Å². The van der Waals surface area contributed by atoms with Crippen molar-refractivity contribution in [1.82, 2.24) is 0 Å². The van der Waals surface area contributed by atoms with Gasteiger partial charge in [0.2, 0.25) is 0 Å². The minimum atomic E-state index is -2.22. The summed E-state index contributed by atoms with van der Waals surface area (Å²) in [6.07, 6.45) is 8.97. The van der Waals surface area contributed by atoms with Crippen molar-refractivity contribution in [2.45, 2.75) is 104 Å². The van der Waals surface area contributed by atoms with Crippen molar-refractivity contribution in [3.8, 4) is 0 Å². The molecule has 0 amide bonds. The minimum absolute atomic E-state index is 0.0820. The molecule has 0 saturated heterocycles. The maximum absolute atomic E-state index is 12.5. The van der Waals surface area contributed by atoms with E-state index >= 15 is 0 Å². The topological polar surface area (TPSA) is 89.9 Å². The predicted octanol–water partition coefficient (Wildman–Crippen LogP) is 5.62. The van der Waals surface area contributed by atoms with Gasteiger partial charge in [-0.25, -0.2) is 14.4 Å². The predicted molar refractivity (Wildman–Crippen MR) is 117 cm³/mol. The van der Waals surface area contributed by atoms with Crippen LogP contribution in [-0.4, -0.2) is 37.9 Å². The normalized spacial score (nSPS) is 11.9. The molecule has 0 unspecified atom stereocenters. The summed E-state index contributed by atoms with van der Waals surface area (Å²) >= 11 is 0. The smallest absolute Gasteiger partial charge is 0.334 e. The Morgan fingerprint density at radius 1 is 0.828 bits per heavy atom. The number of hydrogen-bond donors (Lipinski definition) is 1. The fraction of sp³-hybridized carbons (Fsp3) is 0.773. The van der Waals surface area contributed by atoms with Crippen LogP contribution in [0.2, 0.25) is 18.1 Å². The molecule has 0 aromatic carbocycles. The molecule has 6 nitrogen and oxygen atoms in total. The number of carboxylic acids is 1. The van der Waals surface area contributed by atoms with Crippen LogP contribution in [0, 0.1) is 0 Å². The minimum Gasteiger partial charge on any atom is -0.517 e. The van der Waals surface area contributed by atoms with E-state index in [0.29, 0.717) is 12.8 Å². The molecule has 0 heterocycles. The zero-order chi connectivity index (χ0) is 22.1. The SMILES string of the molecule is CCCC/C(=C/C(=O)O)C(=O)OCC(=O)O[Si](CCCC)(CCCC)CCCC. The maximum Gasteiger partial charge on any atom is 0.334 e. The van der Waals surface area contributed by atoms with Gasteiger partial charge in [-0.1, -0.05) is 72.6 Å². The van der Waals surface area contributed by atoms with E-state index in [1.165, 1.54) is 0 Å². The number of aliphatic carboxylic acids is 1. The van der Waals surface area contributed by atoms with Gasteiger partial charge in [0.15, 0.2) is 6.61 Å². The molecule has 0 aliphatic carbocycles. The van der Waals surface area contributed by atoms with Crippen LogP contribution in [0.3, 0.4) is 0 Å². The van der Waals surface area contributed by atoms with Crippen LogP contribution in [0.15, 0.2) is 11.6 Å². The number of carbonyl (C=O) groups excluding carboxylic acids is 2. The van der Waals surface area contributed by atoms with E-state index in [1.54, 1.807) is 0 Å². The van der Waals surface area contributed by atoms with E-state index in [-0.39, 0.29) is 5.57 Å². The molecule has 0 atom stereocenters. The van der Waals surface area contributed by atoms with Crippen molar-refractivity contribution in [3.63, 3.8) is 0 Å². The van der Waals surface area contributed by atoms with Crippen molar-refractivity contribution >= 4 is 26.2 Å². The highest BCUT2D eigenvalue weighted by Gasteiger charge is 2.37. The van der Waals surface area contributed by atoms with Crippen LogP contribution in [0.4, 0.5) is 0 Å². The molecule has 0 aromatic rings. The molecule has 0 aromatic heterocycles. The first-order valence-corrected chi connectivity index (χ1v) is 13.7. The molecule has 0 spiro atoms. The van der Waals surface area contributed by atoms with Gasteiger partial charge >= 0.3 is 17.9 Å². The summed E-state index contributed by atoms with van der Waals surface area (Å²) in [4.78, 5) is 35.7. The number of ether oxygens (including phenoxy) is 1. The molecule has 0 rings (SSSR count). The van der Waals surface area contributed by atoms with Crippen molar-refractivity contribution in [2.24, 2.45) is 0 Å². The van der Waals surface area contributed by atoms with Gasteiger partial charge in [-0.2, -0.15) is 0 Å². The first kappa shape index (κ1) is 27.4. The molecule has 168 valence electrons. The monoisotopic (exact) mass is 428 g/mol. The first-order valence-electron chi connectivity index (χ1n) is 11.2. The van der Waals surface area contributed by atoms with Crippen LogP contribution in [0.5, 0.6) is 0 Å². The van der Waals surface area contributed by atoms with Crippen molar-refractivity contribution < 1.29 is 28.7 Å². The molecule has 0 saturated carbocycles. The first-order chi connectivity index (χ1) is 13.8. The van der Waals surface area contributed by atoms with Crippen molar-refractivity contribution in [3.05, 3.63) is 11.6 Å². The quantitative estimate of drug-likeness (QED) is 0.184. The Morgan fingerprint density at radius 2 is 1.31 bits per heavy atom. The Hall–Kier alpha value is -1.63. The van der Waals surface area contributed by atoms with E-state index < -0.39 is 32.8 Å². The third-order valence-electron chi connectivity index (χ3n) is 4.97. The average Bonchev–Trinajstić information content (AvgIpc) is 2.70. The van der Waals surface area contributed by atoms with Crippen LogP contribution < -0.4 is 0 Å². The largest absolute Gasteiger partial charge is 0.517 e. The zero-order valence-electron chi connectivity index (χ0n) is 18.8. The number of esters is 1. The lowest BCUT2D eigenvalue weighted by Gasteiger charge is -2.31. The van der Waals surface area contributed by atoms with E-state index in [4.69, 9.17) is 14.3 Å². The molecule has 0 fully saturated rings. The molecule has 0 aliphatic rings. The molecule has 0 bridgehead atoms. The summed E-state index contributed by atoms with van der Waals surface area (Å²) in [5.74, 6) is -2.44. The third kappa shape index (κ3) is 12.5. The van der Waals surface area contributed by atoms with Crippen molar-refractivity contribution in [1.29, 1.82) is 0 Å². The average molecular weight is 429 g/mol. The fourth-order valence-electron chi connectivity index (χ4n) is 3.26. The van der Waals surface area contributed by atoms with Crippen LogP contribution in [0.25, 0.3) is 0 Å². The summed E-state index contributed by atoms with van der Waals surface area (Å²) in [6.45, 7) is 7.90. The van der Waals surface area contributed by atoms with Gasteiger partial charge in [-0.05, 0) is 31.0 Å². The van der Waals surface area contributed by atoms with E-state index in [0.717, 1.165) is 69.2 Å². The van der Waals surface area contributed by atoms with Gasteiger partial charge in [-0.15, -0.1) is 0 Å². The fourth-order valence-corrected chi connectivity index (χ4v) is 7.85. The van der Waals surface area contributed by atoms with Gasteiger partial charge in [0.05, 0.1) is 0 Å². The Morgan fingerprint density at radius 3 is 1.72 bits per heavy atom. The van der Waals surface area contributed by atoms with Gasteiger partial charge in [0.1, 0.15) is 0 Å². The number of hydrogen-bond acceptors (Lipinski definition) is 5. The Bertz CT molecular complexity index is 508. The molecule has 7 heteroatoms. The third-order valence-corrected chi connectivity index (χ3v) is 9.42. The molecule has 0 radical (unpaired) electrons. The highest BCUT2D eigenvalue weighted by Crippen LogP contribution is 2.29. The Balaban J connectivity index is 5.05. The van der Waals surface area contributed by atoms with Crippen LogP contribution in [0.1, 0.15) is 85.5 Å². The summed E-state index contributed by atoms with van der Waals surface area (Å²) in [5.41, 5.74) is 0.0820.